The lowest BCUT2D eigenvalue weighted by atomic mass is 10.1. The fourth-order valence-corrected chi connectivity index (χ4v) is 2.52. The van der Waals surface area contributed by atoms with Crippen molar-refractivity contribution in [2.45, 2.75) is 17.3 Å². The van der Waals surface area contributed by atoms with Gasteiger partial charge in [0.15, 0.2) is 10.9 Å². The smallest absolute Gasteiger partial charge is 0.191 e. The summed E-state index contributed by atoms with van der Waals surface area (Å²) in [7, 11) is 1.85. The van der Waals surface area contributed by atoms with Crippen molar-refractivity contribution in [1.29, 1.82) is 0 Å². The Bertz CT molecular complexity index is 570. The van der Waals surface area contributed by atoms with Crippen LogP contribution in [0.15, 0.2) is 35.7 Å². The SMILES string of the molecule is C[C@@H](Sc1nncn1C)C(=O)c1cccc(Cl)c1. The molecule has 1 aromatic carbocycles. The third-order valence-electron chi connectivity index (χ3n) is 2.43. The molecule has 0 saturated carbocycles. The molecule has 0 bridgehead atoms. The third-order valence-corrected chi connectivity index (χ3v) is 3.81. The van der Waals surface area contributed by atoms with Crippen molar-refractivity contribution in [1.82, 2.24) is 14.8 Å². The van der Waals surface area contributed by atoms with Crippen LogP contribution >= 0.6 is 23.4 Å². The summed E-state index contributed by atoms with van der Waals surface area (Å²) in [6.07, 6.45) is 1.61. The summed E-state index contributed by atoms with van der Waals surface area (Å²) in [5.74, 6) is 0.0329. The number of carbonyl (C=O) groups excluding carboxylic acids is 1. The number of aryl methyl sites for hydroxylation is 1. The quantitative estimate of drug-likeness (QED) is 0.639. The summed E-state index contributed by atoms with van der Waals surface area (Å²) in [6, 6.07) is 6.97. The van der Waals surface area contributed by atoms with E-state index >= 15 is 0 Å². The van der Waals surface area contributed by atoms with Crippen LogP contribution in [-0.4, -0.2) is 25.8 Å². The van der Waals surface area contributed by atoms with E-state index in [1.54, 1.807) is 35.2 Å². The number of halogens is 1. The number of thioether (sulfide) groups is 1. The molecule has 0 aliphatic rings. The van der Waals surface area contributed by atoms with E-state index in [2.05, 4.69) is 10.2 Å². The van der Waals surface area contributed by atoms with Gasteiger partial charge in [-0.2, -0.15) is 0 Å². The number of nitrogens with zero attached hydrogens (tertiary/aromatic N) is 3. The topological polar surface area (TPSA) is 47.8 Å². The fourth-order valence-electron chi connectivity index (χ4n) is 1.47. The first-order valence-electron chi connectivity index (χ1n) is 5.38. The predicted octanol–water partition coefficient (Wildman–Crippen LogP) is 2.83. The Balaban J connectivity index is 2.12. The lowest BCUT2D eigenvalue weighted by molar-refractivity contribution is 0.0994. The lowest BCUT2D eigenvalue weighted by Crippen LogP contribution is -2.14. The highest BCUT2D eigenvalue weighted by atomic mass is 35.5. The molecule has 0 saturated heterocycles. The van der Waals surface area contributed by atoms with Gasteiger partial charge >= 0.3 is 0 Å². The van der Waals surface area contributed by atoms with Crippen LogP contribution in [-0.2, 0) is 7.05 Å². The van der Waals surface area contributed by atoms with Gasteiger partial charge in [-0.1, -0.05) is 35.5 Å². The predicted molar refractivity (Wildman–Crippen MR) is 72.1 cm³/mol. The van der Waals surface area contributed by atoms with Crippen LogP contribution in [0.1, 0.15) is 17.3 Å². The third kappa shape index (κ3) is 2.91. The zero-order chi connectivity index (χ0) is 13.1. The van der Waals surface area contributed by atoms with E-state index in [4.69, 9.17) is 11.6 Å². The zero-order valence-corrected chi connectivity index (χ0v) is 11.6. The van der Waals surface area contributed by atoms with Gasteiger partial charge in [-0.05, 0) is 19.1 Å². The number of ketones is 1. The van der Waals surface area contributed by atoms with Crippen LogP contribution in [0, 0.1) is 0 Å². The molecule has 1 atom stereocenters. The number of aromatic nitrogens is 3. The largest absolute Gasteiger partial charge is 0.312 e. The maximum Gasteiger partial charge on any atom is 0.191 e. The van der Waals surface area contributed by atoms with E-state index in [-0.39, 0.29) is 11.0 Å². The number of Topliss-reactive ketones (excluding diaryl/α,β-unsaturated/α-hetero) is 1. The molecular weight excluding hydrogens is 270 g/mol. The van der Waals surface area contributed by atoms with E-state index in [9.17, 15) is 4.79 Å². The van der Waals surface area contributed by atoms with Gasteiger partial charge < -0.3 is 4.57 Å². The average molecular weight is 282 g/mol. The van der Waals surface area contributed by atoms with E-state index in [1.807, 2.05) is 14.0 Å². The molecule has 18 heavy (non-hydrogen) atoms. The lowest BCUT2D eigenvalue weighted by Gasteiger charge is -2.09. The van der Waals surface area contributed by atoms with E-state index < -0.39 is 0 Å². The Morgan fingerprint density at radius 2 is 2.28 bits per heavy atom. The Morgan fingerprint density at radius 1 is 1.50 bits per heavy atom. The molecule has 0 radical (unpaired) electrons. The number of carbonyl (C=O) groups is 1. The monoisotopic (exact) mass is 281 g/mol. The van der Waals surface area contributed by atoms with Crippen LogP contribution in [0.4, 0.5) is 0 Å². The van der Waals surface area contributed by atoms with Crippen LogP contribution < -0.4 is 0 Å². The molecule has 0 N–H and O–H groups in total. The molecule has 0 aliphatic carbocycles. The normalized spacial score (nSPS) is 12.4. The summed E-state index contributed by atoms with van der Waals surface area (Å²) in [5, 5.41) is 8.78. The molecule has 1 heterocycles. The molecule has 94 valence electrons. The zero-order valence-electron chi connectivity index (χ0n) is 10.0. The first-order valence-corrected chi connectivity index (χ1v) is 6.64. The summed E-state index contributed by atoms with van der Waals surface area (Å²) in [4.78, 5) is 12.2. The van der Waals surface area contributed by atoms with Gasteiger partial charge in [0.25, 0.3) is 0 Å². The molecule has 2 aromatic rings. The summed E-state index contributed by atoms with van der Waals surface area (Å²) >= 11 is 7.26. The van der Waals surface area contributed by atoms with Crippen LogP contribution in [0.3, 0.4) is 0 Å². The maximum atomic E-state index is 12.2. The summed E-state index contributed by atoms with van der Waals surface area (Å²) in [6.45, 7) is 1.85. The standard InChI is InChI=1S/C12H12ClN3OS/c1-8(18-12-15-14-7-16(12)2)11(17)9-4-3-5-10(13)6-9/h3-8H,1-2H3/t8-/m1/s1. The van der Waals surface area contributed by atoms with Crippen molar-refractivity contribution in [2.75, 3.05) is 0 Å². The minimum absolute atomic E-state index is 0.0329. The molecule has 0 spiro atoms. The number of benzene rings is 1. The molecular formula is C12H12ClN3OS. The van der Waals surface area contributed by atoms with Crippen molar-refractivity contribution in [3.8, 4) is 0 Å². The summed E-state index contributed by atoms with van der Waals surface area (Å²) in [5.41, 5.74) is 0.615. The van der Waals surface area contributed by atoms with Gasteiger partial charge in [0, 0.05) is 17.6 Å². The Kier molecular flexibility index (Phi) is 4.04. The van der Waals surface area contributed by atoms with Crippen molar-refractivity contribution >= 4 is 29.1 Å². The molecule has 0 unspecified atom stereocenters. The van der Waals surface area contributed by atoms with E-state index in [0.717, 1.165) is 5.16 Å². The number of hydrogen-bond donors (Lipinski definition) is 0. The highest BCUT2D eigenvalue weighted by Crippen LogP contribution is 2.24. The van der Waals surface area contributed by atoms with Gasteiger partial charge in [-0.3, -0.25) is 4.79 Å². The highest BCUT2D eigenvalue weighted by Gasteiger charge is 2.18. The first-order chi connectivity index (χ1) is 8.58. The Labute approximate surface area is 114 Å². The van der Waals surface area contributed by atoms with Gasteiger partial charge in [0.05, 0.1) is 5.25 Å². The highest BCUT2D eigenvalue weighted by molar-refractivity contribution is 8.00. The van der Waals surface area contributed by atoms with Crippen molar-refractivity contribution < 1.29 is 4.79 Å². The van der Waals surface area contributed by atoms with Gasteiger partial charge in [-0.25, -0.2) is 0 Å². The fraction of sp³-hybridized carbons (Fsp3) is 0.250. The van der Waals surface area contributed by atoms with Crippen LogP contribution in [0.25, 0.3) is 0 Å². The number of rotatable bonds is 4. The van der Waals surface area contributed by atoms with Crippen LogP contribution in [0.2, 0.25) is 5.02 Å². The van der Waals surface area contributed by atoms with Crippen molar-refractivity contribution in [3.05, 3.63) is 41.2 Å². The Hall–Kier alpha value is -1.33. The Morgan fingerprint density at radius 3 is 2.89 bits per heavy atom. The molecule has 4 nitrogen and oxygen atoms in total. The minimum Gasteiger partial charge on any atom is -0.312 e. The second-order valence-electron chi connectivity index (χ2n) is 3.86. The molecule has 1 aromatic heterocycles. The second kappa shape index (κ2) is 5.54. The van der Waals surface area contributed by atoms with Crippen LogP contribution in [0.5, 0.6) is 0 Å². The second-order valence-corrected chi connectivity index (χ2v) is 5.60. The summed E-state index contributed by atoms with van der Waals surface area (Å²) < 4.78 is 1.78. The van der Waals surface area contributed by atoms with Gasteiger partial charge in [0.2, 0.25) is 0 Å². The van der Waals surface area contributed by atoms with Crippen molar-refractivity contribution in [2.24, 2.45) is 7.05 Å². The van der Waals surface area contributed by atoms with E-state index in [0.29, 0.717) is 10.6 Å². The molecule has 6 heteroatoms. The van der Waals surface area contributed by atoms with Gasteiger partial charge in [0.1, 0.15) is 6.33 Å². The maximum absolute atomic E-state index is 12.2. The molecule has 0 aliphatic heterocycles. The minimum atomic E-state index is -0.230. The van der Waals surface area contributed by atoms with E-state index in [1.165, 1.54) is 11.8 Å². The van der Waals surface area contributed by atoms with Crippen molar-refractivity contribution in [3.63, 3.8) is 0 Å². The number of hydrogen-bond acceptors (Lipinski definition) is 4. The first kappa shape index (κ1) is 13.1. The molecule has 0 fully saturated rings. The molecule has 0 amide bonds. The van der Waals surface area contributed by atoms with Gasteiger partial charge in [-0.15, -0.1) is 10.2 Å². The molecule has 2 rings (SSSR count). The average Bonchev–Trinajstić information content (AvgIpc) is 2.74.